The van der Waals surface area contributed by atoms with Gasteiger partial charge in [0.25, 0.3) is 0 Å². The van der Waals surface area contributed by atoms with Gasteiger partial charge in [0.1, 0.15) is 0 Å². The lowest BCUT2D eigenvalue weighted by Gasteiger charge is -1.99. The average molecular weight is 208 g/mol. The third kappa shape index (κ3) is 3.66. The number of benzene rings is 1. The minimum absolute atomic E-state index is 0.916. The molecule has 74 valence electrons. The SMILES string of the molecule is CSCc1cccc(C=CC(=O)O)c1. The van der Waals surface area contributed by atoms with Crippen molar-refractivity contribution < 1.29 is 9.90 Å². The number of aliphatic carboxylic acids is 1. The number of hydrogen-bond donors (Lipinski definition) is 1. The molecule has 0 saturated heterocycles. The summed E-state index contributed by atoms with van der Waals surface area (Å²) in [6.45, 7) is 0. The Kier molecular flexibility index (Phi) is 4.26. The lowest BCUT2D eigenvalue weighted by molar-refractivity contribution is -0.131. The lowest BCUT2D eigenvalue weighted by atomic mass is 10.1. The van der Waals surface area contributed by atoms with Crippen LogP contribution in [0.1, 0.15) is 11.1 Å². The van der Waals surface area contributed by atoms with Gasteiger partial charge in [0.15, 0.2) is 0 Å². The Morgan fingerprint density at radius 1 is 1.57 bits per heavy atom. The Balaban J connectivity index is 2.77. The molecular weight excluding hydrogens is 196 g/mol. The maximum Gasteiger partial charge on any atom is 0.328 e. The van der Waals surface area contributed by atoms with Gasteiger partial charge in [-0.2, -0.15) is 11.8 Å². The van der Waals surface area contributed by atoms with Gasteiger partial charge < -0.3 is 5.11 Å². The smallest absolute Gasteiger partial charge is 0.328 e. The summed E-state index contributed by atoms with van der Waals surface area (Å²) in [5.74, 6) is 0.0367. The number of carboxylic acids is 1. The highest BCUT2D eigenvalue weighted by Gasteiger charge is 1.93. The van der Waals surface area contributed by atoms with E-state index in [4.69, 9.17) is 5.11 Å². The van der Waals surface area contributed by atoms with Crippen LogP contribution in [0.4, 0.5) is 0 Å². The molecule has 0 atom stereocenters. The molecule has 0 spiro atoms. The Bertz CT molecular complexity index is 345. The summed E-state index contributed by atoms with van der Waals surface area (Å²) in [6.07, 6.45) is 4.80. The monoisotopic (exact) mass is 208 g/mol. The van der Waals surface area contributed by atoms with E-state index < -0.39 is 5.97 Å². The van der Waals surface area contributed by atoms with Crippen LogP contribution in [-0.2, 0) is 10.5 Å². The first-order valence-electron chi connectivity index (χ1n) is 4.21. The predicted molar refractivity (Wildman–Crippen MR) is 60.3 cm³/mol. The normalized spacial score (nSPS) is 10.6. The fourth-order valence-corrected chi connectivity index (χ4v) is 1.63. The number of carbonyl (C=O) groups is 1. The van der Waals surface area contributed by atoms with E-state index >= 15 is 0 Å². The van der Waals surface area contributed by atoms with Gasteiger partial charge in [-0.3, -0.25) is 0 Å². The first kappa shape index (κ1) is 10.9. The van der Waals surface area contributed by atoms with E-state index in [-0.39, 0.29) is 0 Å². The molecule has 3 heteroatoms. The van der Waals surface area contributed by atoms with Gasteiger partial charge in [0.2, 0.25) is 0 Å². The molecule has 0 bridgehead atoms. The molecule has 0 unspecified atom stereocenters. The Morgan fingerprint density at radius 2 is 2.36 bits per heavy atom. The fourth-order valence-electron chi connectivity index (χ4n) is 1.12. The minimum Gasteiger partial charge on any atom is -0.478 e. The highest BCUT2D eigenvalue weighted by molar-refractivity contribution is 7.97. The molecule has 0 aliphatic heterocycles. The molecule has 1 rings (SSSR count). The van der Waals surface area contributed by atoms with Gasteiger partial charge in [0.05, 0.1) is 0 Å². The molecule has 0 aliphatic rings. The summed E-state index contributed by atoms with van der Waals surface area (Å²) in [5, 5.41) is 8.46. The second kappa shape index (κ2) is 5.50. The molecule has 0 heterocycles. The molecule has 0 fully saturated rings. The number of rotatable bonds is 4. The fraction of sp³-hybridized carbons (Fsp3) is 0.182. The maximum absolute atomic E-state index is 10.3. The standard InChI is InChI=1S/C11H12O2S/c1-14-8-10-4-2-3-9(7-10)5-6-11(12)13/h2-7H,8H2,1H3,(H,12,13). The molecule has 1 aromatic rings. The molecule has 2 nitrogen and oxygen atoms in total. The van der Waals surface area contributed by atoms with Crippen molar-refractivity contribution in [2.75, 3.05) is 6.26 Å². The third-order valence-corrected chi connectivity index (χ3v) is 2.30. The molecule has 1 aromatic carbocycles. The molecular formula is C11H12O2S. The van der Waals surface area contributed by atoms with E-state index in [1.165, 1.54) is 5.56 Å². The molecule has 14 heavy (non-hydrogen) atoms. The van der Waals surface area contributed by atoms with Crippen LogP contribution in [0.5, 0.6) is 0 Å². The number of thioether (sulfide) groups is 1. The van der Waals surface area contributed by atoms with Gasteiger partial charge in [-0.15, -0.1) is 0 Å². The van der Waals surface area contributed by atoms with E-state index in [0.29, 0.717) is 0 Å². The van der Waals surface area contributed by atoms with Crippen LogP contribution in [0.2, 0.25) is 0 Å². The molecule has 0 amide bonds. The second-order valence-electron chi connectivity index (χ2n) is 2.85. The Labute approximate surface area is 87.6 Å². The summed E-state index contributed by atoms with van der Waals surface area (Å²) < 4.78 is 0. The van der Waals surface area contributed by atoms with Crippen molar-refractivity contribution in [2.45, 2.75) is 5.75 Å². The van der Waals surface area contributed by atoms with Crippen LogP contribution in [-0.4, -0.2) is 17.3 Å². The first-order chi connectivity index (χ1) is 6.72. The van der Waals surface area contributed by atoms with Crippen molar-refractivity contribution in [1.29, 1.82) is 0 Å². The summed E-state index contributed by atoms with van der Waals surface area (Å²) in [5.41, 5.74) is 2.14. The van der Waals surface area contributed by atoms with Crippen molar-refractivity contribution in [3.05, 3.63) is 41.5 Å². The Hall–Kier alpha value is -1.22. The quantitative estimate of drug-likeness (QED) is 0.773. The highest BCUT2D eigenvalue weighted by Crippen LogP contribution is 2.12. The van der Waals surface area contributed by atoms with Crippen molar-refractivity contribution in [2.24, 2.45) is 0 Å². The third-order valence-electron chi connectivity index (χ3n) is 1.68. The van der Waals surface area contributed by atoms with Crippen LogP contribution in [0, 0.1) is 0 Å². The minimum atomic E-state index is -0.916. The zero-order chi connectivity index (χ0) is 10.4. The zero-order valence-corrected chi connectivity index (χ0v) is 8.75. The molecule has 0 radical (unpaired) electrons. The largest absolute Gasteiger partial charge is 0.478 e. The number of carboxylic acid groups (broad SMARTS) is 1. The molecule has 0 saturated carbocycles. The topological polar surface area (TPSA) is 37.3 Å². The van der Waals surface area contributed by atoms with Crippen LogP contribution in [0.15, 0.2) is 30.3 Å². The van der Waals surface area contributed by atoms with Gasteiger partial charge >= 0.3 is 5.97 Å². The van der Waals surface area contributed by atoms with E-state index in [1.807, 2.05) is 30.5 Å². The summed E-state index contributed by atoms with van der Waals surface area (Å²) in [6, 6.07) is 7.86. The first-order valence-corrected chi connectivity index (χ1v) is 5.60. The van der Waals surface area contributed by atoms with Crippen LogP contribution < -0.4 is 0 Å². The van der Waals surface area contributed by atoms with E-state index in [9.17, 15) is 4.79 Å². The number of hydrogen-bond acceptors (Lipinski definition) is 2. The van der Waals surface area contributed by atoms with E-state index in [2.05, 4.69) is 0 Å². The molecule has 0 aliphatic carbocycles. The van der Waals surface area contributed by atoms with Crippen LogP contribution >= 0.6 is 11.8 Å². The second-order valence-corrected chi connectivity index (χ2v) is 3.72. The van der Waals surface area contributed by atoms with Crippen molar-refractivity contribution >= 4 is 23.8 Å². The lowest BCUT2D eigenvalue weighted by Crippen LogP contribution is -1.86. The van der Waals surface area contributed by atoms with Gasteiger partial charge in [-0.25, -0.2) is 4.79 Å². The predicted octanol–water partition coefficient (Wildman–Crippen LogP) is 2.65. The summed E-state index contributed by atoms with van der Waals surface area (Å²) in [4.78, 5) is 10.3. The van der Waals surface area contributed by atoms with Crippen molar-refractivity contribution in [3.63, 3.8) is 0 Å². The molecule has 0 aromatic heterocycles. The molecule has 1 N–H and O–H groups in total. The average Bonchev–Trinajstić information content (AvgIpc) is 2.16. The highest BCUT2D eigenvalue weighted by atomic mass is 32.2. The van der Waals surface area contributed by atoms with E-state index in [1.54, 1.807) is 17.8 Å². The van der Waals surface area contributed by atoms with Crippen LogP contribution in [0.25, 0.3) is 6.08 Å². The summed E-state index contributed by atoms with van der Waals surface area (Å²) in [7, 11) is 0. The summed E-state index contributed by atoms with van der Waals surface area (Å²) >= 11 is 1.75. The van der Waals surface area contributed by atoms with Gasteiger partial charge in [-0.05, 0) is 23.5 Å². The zero-order valence-electron chi connectivity index (χ0n) is 7.93. The van der Waals surface area contributed by atoms with Gasteiger partial charge in [0, 0.05) is 11.8 Å². The van der Waals surface area contributed by atoms with Gasteiger partial charge in [-0.1, -0.05) is 24.3 Å². The van der Waals surface area contributed by atoms with Crippen molar-refractivity contribution in [1.82, 2.24) is 0 Å². The van der Waals surface area contributed by atoms with E-state index in [0.717, 1.165) is 17.4 Å². The Morgan fingerprint density at radius 3 is 3.00 bits per heavy atom. The van der Waals surface area contributed by atoms with Crippen LogP contribution in [0.3, 0.4) is 0 Å². The van der Waals surface area contributed by atoms with Crippen molar-refractivity contribution in [3.8, 4) is 0 Å². The maximum atomic E-state index is 10.3.